The molecule has 0 rings (SSSR count). The fourth-order valence-corrected chi connectivity index (χ4v) is 1.95. The van der Waals surface area contributed by atoms with Gasteiger partial charge in [-0.05, 0) is 26.9 Å². The van der Waals surface area contributed by atoms with Crippen LogP contribution in [0.25, 0.3) is 0 Å². The number of carbonyl (C=O) groups excluding carboxylic acids is 1. The van der Waals surface area contributed by atoms with E-state index < -0.39 is 10.8 Å². The third-order valence-electron chi connectivity index (χ3n) is 1.72. The Morgan fingerprint density at radius 2 is 2.14 bits per heavy atom. The highest BCUT2D eigenvalue weighted by Crippen LogP contribution is 1.91. The van der Waals surface area contributed by atoms with Crippen molar-refractivity contribution in [3.05, 3.63) is 0 Å². The number of hydrogen-bond donors (Lipinski definition) is 2. The van der Waals surface area contributed by atoms with Crippen LogP contribution in [0.1, 0.15) is 19.8 Å². The molecule has 0 heterocycles. The Balaban J connectivity index is 3.55. The van der Waals surface area contributed by atoms with E-state index in [2.05, 4.69) is 10.6 Å². The second-order valence-electron chi connectivity index (χ2n) is 3.42. The van der Waals surface area contributed by atoms with Crippen molar-refractivity contribution < 1.29 is 9.00 Å². The second kappa shape index (κ2) is 7.94. The molecule has 2 atom stereocenters. The average Bonchev–Trinajstić information content (AvgIpc) is 2.02. The van der Waals surface area contributed by atoms with Gasteiger partial charge in [-0.15, -0.1) is 0 Å². The summed E-state index contributed by atoms with van der Waals surface area (Å²) >= 11 is 0. The molecule has 0 aliphatic heterocycles. The third kappa shape index (κ3) is 8.19. The largest absolute Gasteiger partial charge is 0.353 e. The summed E-state index contributed by atoms with van der Waals surface area (Å²) in [5, 5.41) is 5.79. The summed E-state index contributed by atoms with van der Waals surface area (Å²) < 4.78 is 10.8. The van der Waals surface area contributed by atoms with Crippen LogP contribution in [-0.4, -0.2) is 41.8 Å². The van der Waals surface area contributed by atoms with Crippen molar-refractivity contribution >= 4 is 16.7 Å². The lowest BCUT2D eigenvalue weighted by atomic mass is 10.2. The van der Waals surface area contributed by atoms with Gasteiger partial charge in [0.05, 0.1) is 0 Å². The summed E-state index contributed by atoms with van der Waals surface area (Å²) in [6, 6.07) is 0.00270. The molecule has 1 amide bonds. The zero-order valence-electron chi connectivity index (χ0n) is 9.13. The Kier molecular flexibility index (Phi) is 7.70. The van der Waals surface area contributed by atoms with Gasteiger partial charge in [0.1, 0.15) is 0 Å². The minimum Gasteiger partial charge on any atom is -0.353 e. The van der Waals surface area contributed by atoms with Crippen molar-refractivity contribution in [3.63, 3.8) is 0 Å². The molecule has 0 saturated carbocycles. The quantitative estimate of drug-likeness (QED) is 0.588. The molecule has 5 heteroatoms. The van der Waals surface area contributed by atoms with Crippen molar-refractivity contribution in [2.45, 2.75) is 25.8 Å². The number of carbonyl (C=O) groups is 1. The van der Waals surface area contributed by atoms with Crippen LogP contribution in [0.5, 0.6) is 0 Å². The summed E-state index contributed by atoms with van der Waals surface area (Å²) in [5.41, 5.74) is 0. The normalized spacial score (nSPS) is 14.8. The lowest BCUT2D eigenvalue weighted by molar-refractivity contribution is -0.121. The Bertz CT molecular complexity index is 197. The van der Waals surface area contributed by atoms with Gasteiger partial charge >= 0.3 is 0 Å². The Morgan fingerprint density at radius 1 is 1.50 bits per heavy atom. The van der Waals surface area contributed by atoms with Crippen LogP contribution in [0.3, 0.4) is 0 Å². The molecule has 84 valence electrons. The van der Waals surface area contributed by atoms with E-state index in [-0.39, 0.29) is 11.9 Å². The van der Waals surface area contributed by atoms with Crippen LogP contribution in [0.15, 0.2) is 0 Å². The van der Waals surface area contributed by atoms with E-state index in [1.807, 2.05) is 14.0 Å². The molecular formula is C9H20N2O2S. The monoisotopic (exact) mass is 220 g/mol. The van der Waals surface area contributed by atoms with Crippen LogP contribution in [0, 0.1) is 0 Å². The molecule has 2 unspecified atom stereocenters. The molecule has 0 aromatic rings. The van der Waals surface area contributed by atoms with Gasteiger partial charge < -0.3 is 10.6 Å². The Labute approximate surface area is 88.3 Å². The highest BCUT2D eigenvalue weighted by Gasteiger charge is 2.07. The molecule has 0 bridgehead atoms. The fraction of sp³-hybridized carbons (Fsp3) is 0.889. The highest BCUT2D eigenvalue weighted by atomic mass is 32.2. The predicted molar refractivity (Wildman–Crippen MR) is 59.7 cm³/mol. The van der Waals surface area contributed by atoms with Gasteiger partial charge in [0, 0.05) is 35.3 Å². The van der Waals surface area contributed by atoms with E-state index in [1.54, 1.807) is 6.26 Å². The molecule has 0 aromatic heterocycles. The van der Waals surface area contributed by atoms with Crippen LogP contribution in [0.4, 0.5) is 0 Å². The van der Waals surface area contributed by atoms with Crippen LogP contribution < -0.4 is 10.6 Å². The first-order valence-corrected chi connectivity index (χ1v) is 6.53. The molecule has 4 nitrogen and oxygen atoms in total. The van der Waals surface area contributed by atoms with Gasteiger partial charge in [-0.3, -0.25) is 9.00 Å². The lowest BCUT2D eigenvalue weighted by Crippen LogP contribution is -2.36. The molecule has 0 aliphatic carbocycles. The number of hydrogen-bond acceptors (Lipinski definition) is 3. The number of rotatable bonds is 7. The second-order valence-corrected chi connectivity index (χ2v) is 4.90. The molecular weight excluding hydrogens is 200 g/mol. The van der Waals surface area contributed by atoms with Crippen LogP contribution in [-0.2, 0) is 15.6 Å². The van der Waals surface area contributed by atoms with Gasteiger partial charge in [0.2, 0.25) is 5.91 Å². The molecule has 0 saturated heterocycles. The molecule has 0 spiro atoms. The molecule has 2 N–H and O–H groups in total. The summed E-state index contributed by atoms with van der Waals surface area (Å²) in [4.78, 5) is 11.3. The maximum Gasteiger partial charge on any atom is 0.220 e. The van der Waals surface area contributed by atoms with E-state index in [0.717, 1.165) is 13.0 Å². The Hall–Kier alpha value is -0.420. The minimum atomic E-state index is -0.846. The summed E-state index contributed by atoms with van der Waals surface area (Å²) in [5.74, 6) is 0.566. The fourth-order valence-electron chi connectivity index (χ4n) is 1.17. The topological polar surface area (TPSA) is 58.2 Å². The van der Waals surface area contributed by atoms with E-state index in [4.69, 9.17) is 0 Å². The van der Waals surface area contributed by atoms with Crippen LogP contribution >= 0.6 is 0 Å². The summed E-state index contributed by atoms with van der Waals surface area (Å²) in [6.45, 7) is 2.72. The van der Waals surface area contributed by atoms with E-state index >= 15 is 0 Å². The molecule has 0 fully saturated rings. The first-order chi connectivity index (χ1) is 6.56. The van der Waals surface area contributed by atoms with Gasteiger partial charge in [0.15, 0.2) is 0 Å². The maximum atomic E-state index is 11.3. The van der Waals surface area contributed by atoms with Crippen LogP contribution in [0.2, 0.25) is 0 Å². The van der Waals surface area contributed by atoms with E-state index in [9.17, 15) is 9.00 Å². The standard InChI is InChI=1S/C9H20N2O2S/c1-8(7-14(3)13)11-9(12)5-4-6-10-2/h8,10H,4-7H2,1-3H3,(H,11,12). The number of nitrogens with one attached hydrogen (secondary N) is 2. The van der Waals surface area contributed by atoms with E-state index in [1.165, 1.54) is 0 Å². The summed E-state index contributed by atoms with van der Waals surface area (Å²) in [6.07, 6.45) is 3.01. The molecule has 0 radical (unpaired) electrons. The van der Waals surface area contributed by atoms with Crippen molar-refractivity contribution in [1.29, 1.82) is 0 Å². The lowest BCUT2D eigenvalue weighted by Gasteiger charge is -2.11. The van der Waals surface area contributed by atoms with Gasteiger partial charge in [-0.2, -0.15) is 0 Å². The third-order valence-corrected chi connectivity index (χ3v) is 2.69. The SMILES string of the molecule is CNCCCC(=O)NC(C)CS(C)=O. The molecule has 0 aromatic carbocycles. The van der Waals surface area contributed by atoms with Crippen molar-refractivity contribution in [2.24, 2.45) is 0 Å². The van der Waals surface area contributed by atoms with Crippen molar-refractivity contribution in [1.82, 2.24) is 10.6 Å². The van der Waals surface area contributed by atoms with Gasteiger partial charge in [-0.25, -0.2) is 0 Å². The maximum absolute atomic E-state index is 11.3. The minimum absolute atomic E-state index is 0.00270. The van der Waals surface area contributed by atoms with Gasteiger partial charge in [-0.1, -0.05) is 0 Å². The molecule has 0 aliphatic rings. The number of amides is 1. The average molecular weight is 220 g/mol. The van der Waals surface area contributed by atoms with Gasteiger partial charge in [0.25, 0.3) is 0 Å². The van der Waals surface area contributed by atoms with E-state index in [0.29, 0.717) is 12.2 Å². The summed E-state index contributed by atoms with van der Waals surface area (Å²) in [7, 11) is 1.02. The predicted octanol–water partition coefficient (Wildman–Crippen LogP) is -0.131. The van der Waals surface area contributed by atoms with Crippen molar-refractivity contribution in [2.75, 3.05) is 25.6 Å². The first kappa shape index (κ1) is 13.6. The first-order valence-electron chi connectivity index (χ1n) is 4.80. The zero-order chi connectivity index (χ0) is 11.0. The smallest absolute Gasteiger partial charge is 0.220 e. The van der Waals surface area contributed by atoms with Crippen molar-refractivity contribution in [3.8, 4) is 0 Å². The molecule has 14 heavy (non-hydrogen) atoms. The highest BCUT2D eigenvalue weighted by molar-refractivity contribution is 7.84. The Morgan fingerprint density at radius 3 is 2.64 bits per heavy atom. The zero-order valence-corrected chi connectivity index (χ0v) is 9.95.